The van der Waals surface area contributed by atoms with Crippen LogP contribution in [-0.4, -0.2) is 57.7 Å². The molecule has 2 amide bonds. The Balaban J connectivity index is 1.98. The van der Waals surface area contributed by atoms with Gasteiger partial charge in [-0.25, -0.2) is 10.4 Å². The van der Waals surface area contributed by atoms with Crippen molar-refractivity contribution in [2.75, 3.05) is 6.61 Å². The van der Waals surface area contributed by atoms with Crippen LogP contribution in [0.3, 0.4) is 0 Å². The fraction of sp³-hybridized carbons (Fsp3) is 0.250. The van der Waals surface area contributed by atoms with Gasteiger partial charge in [0.05, 0.1) is 17.3 Å². The third-order valence-corrected chi connectivity index (χ3v) is 4.64. The molecule has 2 aromatic rings. The van der Waals surface area contributed by atoms with Gasteiger partial charge in [0, 0.05) is 10.6 Å². The molecule has 0 aliphatic carbocycles. The van der Waals surface area contributed by atoms with Crippen molar-refractivity contribution in [2.45, 2.75) is 25.2 Å². The molecule has 1 heterocycles. The zero-order valence-electron chi connectivity index (χ0n) is 15.9. The molecule has 2 aromatic carbocycles. The van der Waals surface area contributed by atoms with E-state index >= 15 is 0 Å². The van der Waals surface area contributed by atoms with Crippen molar-refractivity contribution >= 4 is 29.1 Å². The zero-order valence-corrected chi connectivity index (χ0v) is 16.6. The Labute approximate surface area is 176 Å². The summed E-state index contributed by atoms with van der Waals surface area (Å²) in [4.78, 5) is 33.0. The summed E-state index contributed by atoms with van der Waals surface area (Å²) >= 11 is 5.96. The SMILES string of the molecule is Cc1ccc(C(=O)N/N=C(\C2N=c3cc(Cl)ccc3=NC2=O)C(O)C(O)CO)cc1. The summed E-state index contributed by atoms with van der Waals surface area (Å²) in [5.74, 6) is -1.35. The first-order chi connectivity index (χ1) is 14.3. The number of benzene rings is 2. The molecule has 3 atom stereocenters. The number of aryl methyl sites for hydroxylation is 1. The van der Waals surface area contributed by atoms with Gasteiger partial charge < -0.3 is 15.3 Å². The van der Waals surface area contributed by atoms with E-state index in [1.807, 2.05) is 6.92 Å². The summed E-state index contributed by atoms with van der Waals surface area (Å²) in [6, 6.07) is 9.79. The van der Waals surface area contributed by atoms with Crippen molar-refractivity contribution < 1.29 is 24.9 Å². The predicted molar refractivity (Wildman–Crippen MR) is 108 cm³/mol. The Morgan fingerprint density at radius 3 is 2.57 bits per heavy atom. The third-order valence-electron chi connectivity index (χ3n) is 4.41. The Bertz CT molecular complexity index is 1120. The number of carbonyl (C=O) groups is 2. The molecule has 1 aliphatic heterocycles. The molecule has 0 bridgehead atoms. The van der Waals surface area contributed by atoms with Gasteiger partial charge in [-0.1, -0.05) is 29.3 Å². The van der Waals surface area contributed by atoms with Gasteiger partial charge in [-0.2, -0.15) is 5.10 Å². The molecule has 0 radical (unpaired) electrons. The highest BCUT2D eigenvalue weighted by atomic mass is 35.5. The van der Waals surface area contributed by atoms with Gasteiger partial charge in [-0.3, -0.25) is 14.6 Å². The van der Waals surface area contributed by atoms with E-state index < -0.39 is 36.7 Å². The summed E-state index contributed by atoms with van der Waals surface area (Å²) in [6.45, 7) is 1.07. The number of halogens is 1. The van der Waals surface area contributed by atoms with E-state index in [0.29, 0.717) is 15.9 Å². The van der Waals surface area contributed by atoms with Gasteiger partial charge in [0.25, 0.3) is 11.8 Å². The average molecular weight is 431 g/mol. The predicted octanol–water partition coefficient (Wildman–Crippen LogP) is -0.703. The number of amides is 2. The van der Waals surface area contributed by atoms with E-state index in [1.54, 1.807) is 30.3 Å². The standard InChI is InChI=1S/C20H19ClN4O5/c1-10-2-4-11(5-3-10)19(29)25-24-16(18(28)15(27)9-26)17-20(30)23-13-7-6-12(21)8-14(13)22-17/h2-8,15,17-18,26-28H,9H2,1H3,(H,25,29)/b24-16+. The molecule has 4 N–H and O–H groups in total. The van der Waals surface area contributed by atoms with E-state index in [1.165, 1.54) is 12.1 Å². The molecule has 0 saturated carbocycles. The first kappa shape index (κ1) is 21.7. The summed E-state index contributed by atoms with van der Waals surface area (Å²) < 4.78 is 0. The second kappa shape index (κ2) is 9.23. The summed E-state index contributed by atoms with van der Waals surface area (Å²) in [7, 11) is 0. The maximum Gasteiger partial charge on any atom is 0.277 e. The van der Waals surface area contributed by atoms with Gasteiger partial charge >= 0.3 is 0 Å². The van der Waals surface area contributed by atoms with Crippen molar-refractivity contribution in [3.05, 3.63) is 69.3 Å². The maximum absolute atomic E-state index is 12.5. The molecule has 3 unspecified atom stereocenters. The molecule has 10 heteroatoms. The van der Waals surface area contributed by atoms with Crippen LogP contribution in [0, 0.1) is 6.92 Å². The van der Waals surface area contributed by atoms with Crippen LogP contribution in [0.4, 0.5) is 0 Å². The van der Waals surface area contributed by atoms with Gasteiger partial charge in [-0.15, -0.1) is 0 Å². The monoisotopic (exact) mass is 430 g/mol. The van der Waals surface area contributed by atoms with Crippen LogP contribution in [0.2, 0.25) is 5.02 Å². The van der Waals surface area contributed by atoms with Gasteiger partial charge in [0.1, 0.15) is 17.9 Å². The van der Waals surface area contributed by atoms with Gasteiger partial charge in [-0.05, 0) is 37.3 Å². The molecule has 0 spiro atoms. The normalized spacial score (nSPS) is 18.0. The fourth-order valence-electron chi connectivity index (χ4n) is 2.73. The van der Waals surface area contributed by atoms with Crippen LogP contribution in [0.1, 0.15) is 15.9 Å². The Kier molecular flexibility index (Phi) is 6.68. The van der Waals surface area contributed by atoms with E-state index in [9.17, 15) is 24.9 Å². The lowest BCUT2D eigenvalue weighted by Crippen LogP contribution is -2.49. The Morgan fingerprint density at radius 2 is 1.90 bits per heavy atom. The number of aliphatic hydroxyl groups excluding tert-OH is 3. The number of aliphatic hydroxyl groups is 3. The highest BCUT2D eigenvalue weighted by molar-refractivity contribution is 6.30. The lowest BCUT2D eigenvalue weighted by Gasteiger charge is -2.22. The van der Waals surface area contributed by atoms with E-state index in [2.05, 4.69) is 20.5 Å². The highest BCUT2D eigenvalue weighted by Gasteiger charge is 2.34. The van der Waals surface area contributed by atoms with E-state index in [0.717, 1.165) is 5.56 Å². The number of hydrazone groups is 1. The highest BCUT2D eigenvalue weighted by Crippen LogP contribution is 2.10. The summed E-state index contributed by atoms with van der Waals surface area (Å²) in [6.07, 6.45) is -3.43. The second-order valence-electron chi connectivity index (χ2n) is 6.65. The van der Waals surface area contributed by atoms with E-state index in [4.69, 9.17) is 11.6 Å². The Morgan fingerprint density at radius 1 is 1.20 bits per heavy atom. The number of hydrogen-bond acceptors (Lipinski definition) is 7. The second-order valence-corrected chi connectivity index (χ2v) is 7.09. The van der Waals surface area contributed by atoms with Crippen LogP contribution in [0.25, 0.3) is 0 Å². The number of rotatable bonds is 6. The van der Waals surface area contributed by atoms with Crippen LogP contribution in [0.5, 0.6) is 0 Å². The molecule has 0 saturated heterocycles. The minimum atomic E-state index is -1.78. The van der Waals surface area contributed by atoms with Crippen LogP contribution in [0.15, 0.2) is 57.6 Å². The van der Waals surface area contributed by atoms with Crippen molar-refractivity contribution in [1.29, 1.82) is 0 Å². The molecule has 0 aromatic heterocycles. The first-order valence-corrected chi connectivity index (χ1v) is 9.35. The molecule has 0 fully saturated rings. The van der Waals surface area contributed by atoms with Crippen LogP contribution < -0.4 is 16.1 Å². The molecule has 3 rings (SSSR count). The van der Waals surface area contributed by atoms with Crippen molar-refractivity contribution in [1.82, 2.24) is 5.43 Å². The number of hydrogen-bond donors (Lipinski definition) is 4. The average Bonchev–Trinajstić information content (AvgIpc) is 2.73. The molecule has 9 nitrogen and oxygen atoms in total. The van der Waals surface area contributed by atoms with Crippen LogP contribution in [-0.2, 0) is 4.79 Å². The minimum Gasteiger partial charge on any atom is -0.394 e. The van der Waals surface area contributed by atoms with Gasteiger partial charge in [0.2, 0.25) is 0 Å². The van der Waals surface area contributed by atoms with Crippen molar-refractivity contribution in [3.63, 3.8) is 0 Å². The largest absolute Gasteiger partial charge is 0.394 e. The summed E-state index contributed by atoms with van der Waals surface area (Å²) in [5.41, 5.74) is 3.14. The van der Waals surface area contributed by atoms with E-state index in [-0.39, 0.29) is 11.1 Å². The lowest BCUT2D eigenvalue weighted by molar-refractivity contribution is -0.118. The van der Waals surface area contributed by atoms with Crippen LogP contribution >= 0.6 is 11.6 Å². The zero-order chi connectivity index (χ0) is 21.8. The lowest BCUT2D eigenvalue weighted by atomic mass is 10.0. The molecular weight excluding hydrogens is 412 g/mol. The molecule has 30 heavy (non-hydrogen) atoms. The smallest absolute Gasteiger partial charge is 0.277 e. The van der Waals surface area contributed by atoms with Gasteiger partial charge in [0.15, 0.2) is 6.04 Å². The maximum atomic E-state index is 12.5. The number of nitrogens with one attached hydrogen (secondary N) is 1. The number of fused-ring (bicyclic) bond motifs is 1. The minimum absolute atomic E-state index is 0.287. The fourth-order valence-corrected chi connectivity index (χ4v) is 2.90. The third kappa shape index (κ3) is 4.77. The molecular formula is C20H19ClN4O5. The topological polar surface area (TPSA) is 144 Å². The quantitative estimate of drug-likeness (QED) is 0.354. The number of carbonyl (C=O) groups excluding carboxylic acids is 2. The number of nitrogens with zero attached hydrogens (tertiary/aromatic N) is 3. The summed E-state index contributed by atoms with van der Waals surface area (Å²) in [5, 5.41) is 34.2. The Hall–Kier alpha value is -2.98. The molecule has 1 aliphatic rings. The molecule has 156 valence electrons. The van der Waals surface area contributed by atoms with Crippen molar-refractivity contribution in [2.24, 2.45) is 15.1 Å². The first-order valence-electron chi connectivity index (χ1n) is 8.97. The van der Waals surface area contributed by atoms with Crippen molar-refractivity contribution in [3.8, 4) is 0 Å².